The molecule has 1 aromatic carbocycles. The molecule has 2 saturated heterocycles. The number of nitrogens with zero attached hydrogens (tertiary/aromatic N) is 3. The molecule has 2 aliphatic heterocycles. The SMILES string of the molecule is CCNC(=NCC1CCCN(C)C1)NC1CCN(Cc2ccc(Cl)c(Cl)c2)CC1.I. The van der Waals surface area contributed by atoms with E-state index in [1.165, 1.54) is 24.9 Å². The van der Waals surface area contributed by atoms with Gasteiger partial charge < -0.3 is 15.5 Å². The number of benzene rings is 1. The summed E-state index contributed by atoms with van der Waals surface area (Å²) in [4.78, 5) is 9.81. The lowest BCUT2D eigenvalue weighted by atomic mass is 9.99. The molecular weight excluding hydrogens is 532 g/mol. The first-order valence-electron chi connectivity index (χ1n) is 10.9. The molecule has 0 aliphatic carbocycles. The summed E-state index contributed by atoms with van der Waals surface area (Å²) in [5.74, 6) is 1.65. The molecule has 0 saturated carbocycles. The Hall–Kier alpha value is -0.280. The van der Waals surface area contributed by atoms with Crippen molar-refractivity contribution in [2.24, 2.45) is 10.9 Å². The van der Waals surface area contributed by atoms with Crippen molar-refractivity contribution in [3.05, 3.63) is 33.8 Å². The minimum Gasteiger partial charge on any atom is -0.357 e. The highest BCUT2D eigenvalue weighted by atomic mass is 127. The van der Waals surface area contributed by atoms with E-state index in [0.29, 0.717) is 22.0 Å². The van der Waals surface area contributed by atoms with Crippen molar-refractivity contribution in [3.63, 3.8) is 0 Å². The van der Waals surface area contributed by atoms with E-state index >= 15 is 0 Å². The zero-order chi connectivity index (χ0) is 20.6. The number of likely N-dealkylation sites (tertiary alicyclic amines) is 2. The second kappa shape index (κ2) is 13.3. The van der Waals surface area contributed by atoms with Crippen LogP contribution in [0.4, 0.5) is 0 Å². The van der Waals surface area contributed by atoms with Gasteiger partial charge in [0.05, 0.1) is 10.0 Å². The van der Waals surface area contributed by atoms with E-state index in [-0.39, 0.29) is 24.0 Å². The third-order valence-corrected chi connectivity index (χ3v) is 6.63. The van der Waals surface area contributed by atoms with Gasteiger partial charge in [-0.05, 0) is 69.8 Å². The highest BCUT2D eigenvalue weighted by Gasteiger charge is 2.21. The van der Waals surface area contributed by atoms with Crippen LogP contribution in [-0.2, 0) is 6.54 Å². The van der Waals surface area contributed by atoms with Crippen molar-refractivity contribution in [1.29, 1.82) is 0 Å². The molecule has 2 aliphatic rings. The fourth-order valence-corrected chi connectivity index (χ4v) is 4.61. The first kappa shape index (κ1) is 26.0. The Labute approximate surface area is 209 Å². The van der Waals surface area contributed by atoms with Gasteiger partial charge in [0.15, 0.2) is 5.96 Å². The highest BCUT2D eigenvalue weighted by molar-refractivity contribution is 14.0. The van der Waals surface area contributed by atoms with E-state index in [4.69, 9.17) is 28.2 Å². The Morgan fingerprint density at radius 3 is 2.57 bits per heavy atom. The second-order valence-corrected chi connectivity index (χ2v) is 9.25. The van der Waals surface area contributed by atoms with Gasteiger partial charge in [-0.1, -0.05) is 29.3 Å². The van der Waals surface area contributed by atoms with Crippen LogP contribution in [0.15, 0.2) is 23.2 Å². The molecule has 1 unspecified atom stereocenters. The van der Waals surface area contributed by atoms with Crippen LogP contribution in [0.3, 0.4) is 0 Å². The highest BCUT2D eigenvalue weighted by Crippen LogP contribution is 2.24. The van der Waals surface area contributed by atoms with Crippen molar-refractivity contribution in [2.45, 2.75) is 45.2 Å². The summed E-state index contributed by atoms with van der Waals surface area (Å²) in [6.45, 7) is 9.39. The van der Waals surface area contributed by atoms with Crippen LogP contribution in [0.1, 0.15) is 38.2 Å². The summed E-state index contributed by atoms with van der Waals surface area (Å²) in [6.07, 6.45) is 4.83. The summed E-state index contributed by atoms with van der Waals surface area (Å²) in [5.41, 5.74) is 1.22. The molecule has 0 spiro atoms. The molecule has 0 bridgehead atoms. The lowest BCUT2D eigenvalue weighted by Gasteiger charge is -2.33. The zero-order valence-corrected chi connectivity index (χ0v) is 22.0. The summed E-state index contributed by atoms with van der Waals surface area (Å²) in [7, 11) is 2.21. The lowest BCUT2D eigenvalue weighted by Crippen LogP contribution is -2.48. The third-order valence-electron chi connectivity index (χ3n) is 5.89. The zero-order valence-electron chi connectivity index (χ0n) is 18.2. The molecule has 170 valence electrons. The van der Waals surface area contributed by atoms with Crippen LogP contribution in [0, 0.1) is 5.92 Å². The Morgan fingerprint density at radius 2 is 1.90 bits per heavy atom. The van der Waals surface area contributed by atoms with E-state index in [1.807, 2.05) is 12.1 Å². The van der Waals surface area contributed by atoms with E-state index in [1.54, 1.807) is 0 Å². The number of halogens is 3. The lowest BCUT2D eigenvalue weighted by molar-refractivity contribution is 0.198. The molecule has 0 amide bonds. The predicted molar refractivity (Wildman–Crippen MR) is 140 cm³/mol. The largest absolute Gasteiger partial charge is 0.357 e. The second-order valence-electron chi connectivity index (χ2n) is 8.43. The number of hydrogen-bond acceptors (Lipinski definition) is 3. The first-order valence-corrected chi connectivity index (χ1v) is 11.7. The standard InChI is InChI=1S/C22H35Cl2N5.HI/c1-3-25-22(26-14-18-5-4-10-28(2)15-18)27-19-8-11-29(12-9-19)16-17-6-7-20(23)21(24)13-17;/h6-7,13,18-19H,3-5,8-12,14-16H2,1-2H3,(H2,25,26,27);1H. The van der Waals surface area contributed by atoms with Crippen LogP contribution in [0.5, 0.6) is 0 Å². The Bertz CT molecular complexity index is 679. The maximum Gasteiger partial charge on any atom is 0.191 e. The fourth-order valence-electron chi connectivity index (χ4n) is 4.29. The van der Waals surface area contributed by atoms with Crippen molar-refractivity contribution in [2.75, 3.05) is 46.3 Å². The van der Waals surface area contributed by atoms with Gasteiger partial charge in [0.2, 0.25) is 0 Å². The van der Waals surface area contributed by atoms with Crippen molar-refractivity contribution in [1.82, 2.24) is 20.4 Å². The third kappa shape index (κ3) is 8.34. The summed E-state index contributed by atoms with van der Waals surface area (Å²) in [6, 6.07) is 6.41. The molecule has 30 heavy (non-hydrogen) atoms. The van der Waals surface area contributed by atoms with Crippen LogP contribution in [0.2, 0.25) is 10.0 Å². The molecule has 2 fully saturated rings. The van der Waals surface area contributed by atoms with E-state index in [0.717, 1.165) is 58.1 Å². The van der Waals surface area contributed by atoms with Gasteiger partial charge in [0.1, 0.15) is 0 Å². The number of aliphatic imine (C=N–C) groups is 1. The molecule has 0 aromatic heterocycles. The summed E-state index contributed by atoms with van der Waals surface area (Å²) >= 11 is 12.2. The van der Waals surface area contributed by atoms with Gasteiger partial charge in [0.25, 0.3) is 0 Å². The smallest absolute Gasteiger partial charge is 0.191 e. The van der Waals surface area contributed by atoms with Crippen LogP contribution in [-0.4, -0.2) is 68.1 Å². The van der Waals surface area contributed by atoms with E-state index in [2.05, 4.69) is 40.5 Å². The number of rotatable bonds is 6. The van der Waals surface area contributed by atoms with E-state index in [9.17, 15) is 0 Å². The van der Waals surface area contributed by atoms with Crippen molar-refractivity contribution < 1.29 is 0 Å². The minimum absolute atomic E-state index is 0. The van der Waals surface area contributed by atoms with Crippen LogP contribution >= 0.6 is 47.2 Å². The molecular formula is C22H36Cl2IN5. The quantitative estimate of drug-likeness (QED) is 0.302. The Morgan fingerprint density at radius 1 is 1.13 bits per heavy atom. The van der Waals surface area contributed by atoms with E-state index < -0.39 is 0 Å². The van der Waals surface area contributed by atoms with Crippen LogP contribution in [0.25, 0.3) is 0 Å². The predicted octanol–water partition coefficient (Wildman–Crippen LogP) is 4.47. The molecule has 2 N–H and O–H groups in total. The van der Waals surface area contributed by atoms with Crippen LogP contribution < -0.4 is 10.6 Å². The number of hydrogen-bond donors (Lipinski definition) is 2. The molecule has 5 nitrogen and oxygen atoms in total. The molecule has 1 aromatic rings. The average Bonchev–Trinajstić information content (AvgIpc) is 2.71. The van der Waals surface area contributed by atoms with Gasteiger partial charge in [-0.3, -0.25) is 9.89 Å². The number of piperidine rings is 2. The van der Waals surface area contributed by atoms with Gasteiger partial charge >= 0.3 is 0 Å². The molecule has 3 rings (SSSR count). The first-order chi connectivity index (χ1) is 14.0. The van der Waals surface area contributed by atoms with Gasteiger partial charge in [-0.15, -0.1) is 24.0 Å². The Kier molecular flexibility index (Phi) is 11.5. The average molecular weight is 568 g/mol. The fraction of sp³-hybridized carbons (Fsp3) is 0.682. The molecule has 0 radical (unpaired) electrons. The summed E-state index contributed by atoms with van der Waals surface area (Å²) < 4.78 is 0. The normalized spacial score (nSPS) is 21.9. The van der Waals surface area contributed by atoms with Gasteiger partial charge in [-0.25, -0.2) is 0 Å². The summed E-state index contributed by atoms with van der Waals surface area (Å²) in [5, 5.41) is 8.35. The number of guanidine groups is 1. The van der Waals surface area contributed by atoms with Gasteiger partial charge in [-0.2, -0.15) is 0 Å². The number of nitrogens with one attached hydrogen (secondary N) is 2. The van der Waals surface area contributed by atoms with Gasteiger partial charge in [0, 0.05) is 45.3 Å². The molecule has 8 heteroatoms. The Balaban J connectivity index is 0.00000320. The topological polar surface area (TPSA) is 42.9 Å². The maximum absolute atomic E-state index is 6.15. The minimum atomic E-state index is 0. The molecule has 2 heterocycles. The van der Waals surface area contributed by atoms with Crippen molar-refractivity contribution >= 4 is 53.1 Å². The monoisotopic (exact) mass is 567 g/mol. The maximum atomic E-state index is 6.15. The molecule has 1 atom stereocenters. The van der Waals surface area contributed by atoms with Crippen molar-refractivity contribution in [3.8, 4) is 0 Å².